The van der Waals surface area contributed by atoms with Crippen LogP contribution in [0.1, 0.15) is 0 Å². The van der Waals surface area contributed by atoms with Gasteiger partial charge in [-0.15, -0.1) is 0 Å². The van der Waals surface area contributed by atoms with Gasteiger partial charge in [-0.1, -0.05) is 21.6 Å². The maximum Gasteiger partial charge on any atom is 0.322 e. The molecule has 0 aliphatic heterocycles. The number of nitrogens with one attached hydrogen (secondary N) is 2. The molecule has 0 aromatic heterocycles. The summed E-state index contributed by atoms with van der Waals surface area (Å²) < 4.78 is 0. The second-order valence-electron chi connectivity index (χ2n) is 4.01. The Hall–Kier alpha value is -1.50. The van der Waals surface area contributed by atoms with E-state index in [1.807, 2.05) is 0 Å². The summed E-state index contributed by atoms with van der Waals surface area (Å²) in [5.41, 5.74) is 11.1. The molecule has 0 spiro atoms. The zero-order valence-corrected chi connectivity index (χ0v) is 13.1. The van der Waals surface area contributed by atoms with Gasteiger partial charge in [0.1, 0.15) is 13.1 Å². The zero-order valence-electron chi connectivity index (χ0n) is 11.5. The molecule has 22 heavy (non-hydrogen) atoms. The summed E-state index contributed by atoms with van der Waals surface area (Å²) in [6.07, 6.45) is 0. The molecule has 0 aliphatic carbocycles. The zero-order chi connectivity index (χ0) is 17.1. The highest BCUT2D eigenvalue weighted by atomic mass is 33.1. The van der Waals surface area contributed by atoms with Crippen LogP contribution >= 0.6 is 21.6 Å². The molecule has 0 heterocycles. The van der Waals surface area contributed by atoms with E-state index in [9.17, 15) is 19.2 Å². The van der Waals surface area contributed by atoms with Gasteiger partial charge in [-0.25, -0.2) is 0 Å². The topological polar surface area (TPSA) is 185 Å². The van der Waals surface area contributed by atoms with E-state index in [0.29, 0.717) is 0 Å². The lowest BCUT2D eigenvalue weighted by Crippen LogP contribution is -2.44. The molecule has 0 bridgehead atoms. The Morgan fingerprint density at radius 1 is 0.818 bits per heavy atom. The van der Waals surface area contributed by atoms with Crippen molar-refractivity contribution < 1.29 is 29.4 Å². The van der Waals surface area contributed by atoms with Gasteiger partial charge in [-0.3, -0.25) is 19.2 Å². The van der Waals surface area contributed by atoms with Gasteiger partial charge in [0.25, 0.3) is 0 Å². The van der Waals surface area contributed by atoms with Gasteiger partial charge in [0, 0.05) is 11.5 Å². The minimum absolute atomic E-state index is 0.208. The molecule has 126 valence electrons. The molecule has 0 aromatic rings. The predicted molar refractivity (Wildman–Crippen MR) is 82.2 cm³/mol. The largest absolute Gasteiger partial charge is 0.480 e. The van der Waals surface area contributed by atoms with Crippen molar-refractivity contribution in [3.05, 3.63) is 0 Å². The van der Waals surface area contributed by atoms with Crippen molar-refractivity contribution in [2.75, 3.05) is 24.6 Å². The van der Waals surface area contributed by atoms with E-state index in [1.165, 1.54) is 21.6 Å². The van der Waals surface area contributed by atoms with E-state index in [2.05, 4.69) is 10.6 Å². The van der Waals surface area contributed by atoms with Crippen molar-refractivity contribution >= 4 is 45.3 Å². The van der Waals surface area contributed by atoms with Gasteiger partial charge in [0.15, 0.2) is 0 Å². The fourth-order valence-corrected chi connectivity index (χ4v) is 3.23. The van der Waals surface area contributed by atoms with Crippen molar-refractivity contribution in [3.63, 3.8) is 0 Å². The summed E-state index contributed by atoms with van der Waals surface area (Å²) in [7, 11) is 2.40. The number of amides is 2. The third-order valence-corrected chi connectivity index (χ3v) is 4.55. The molecule has 0 aliphatic rings. The van der Waals surface area contributed by atoms with E-state index < -0.39 is 48.9 Å². The Kier molecular flexibility index (Phi) is 10.4. The second-order valence-corrected chi connectivity index (χ2v) is 6.56. The van der Waals surface area contributed by atoms with Crippen LogP contribution in [0.5, 0.6) is 0 Å². The third kappa shape index (κ3) is 10.3. The van der Waals surface area contributed by atoms with Gasteiger partial charge >= 0.3 is 11.9 Å². The average Bonchev–Trinajstić information content (AvgIpc) is 2.45. The number of hydrogen-bond donors (Lipinski definition) is 6. The highest BCUT2D eigenvalue weighted by Crippen LogP contribution is 2.22. The standard InChI is InChI=1S/C10H18N4O6S2/c11-5(9(19)13-1-7(15)16)3-21-22-4-6(12)10(20)14-2-8(17)18/h5-6H,1-4,11-12H2,(H,13,19)(H,14,20)(H,15,16)(H,17,18)/t5-,6-/m1/s1. The quantitative estimate of drug-likeness (QED) is 0.170. The summed E-state index contributed by atoms with van der Waals surface area (Å²) in [5.74, 6) is -3.08. The molecule has 12 heteroatoms. The summed E-state index contributed by atoms with van der Waals surface area (Å²) in [6.45, 7) is -1.00. The van der Waals surface area contributed by atoms with Crippen LogP contribution in [0.15, 0.2) is 0 Å². The fraction of sp³-hybridized carbons (Fsp3) is 0.600. The number of aliphatic carboxylic acids is 2. The average molecular weight is 354 g/mol. The number of hydrogen-bond acceptors (Lipinski definition) is 8. The van der Waals surface area contributed by atoms with Gasteiger partial charge < -0.3 is 32.3 Å². The van der Waals surface area contributed by atoms with Crippen molar-refractivity contribution in [2.45, 2.75) is 12.1 Å². The minimum Gasteiger partial charge on any atom is -0.480 e. The first-order valence-corrected chi connectivity index (χ1v) is 8.47. The minimum atomic E-state index is -1.17. The van der Waals surface area contributed by atoms with Crippen LogP contribution in [-0.2, 0) is 19.2 Å². The summed E-state index contributed by atoms with van der Waals surface area (Å²) >= 11 is 0. The van der Waals surface area contributed by atoms with Gasteiger partial charge in [0.2, 0.25) is 11.8 Å². The van der Waals surface area contributed by atoms with Crippen LogP contribution in [0.25, 0.3) is 0 Å². The highest BCUT2D eigenvalue weighted by molar-refractivity contribution is 8.76. The Bertz CT molecular complexity index is 384. The highest BCUT2D eigenvalue weighted by Gasteiger charge is 2.17. The lowest BCUT2D eigenvalue weighted by Gasteiger charge is -2.12. The first-order chi connectivity index (χ1) is 10.2. The molecule has 2 atom stereocenters. The monoisotopic (exact) mass is 354 g/mol. The number of carboxylic acid groups (broad SMARTS) is 2. The maximum absolute atomic E-state index is 11.4. The molecule has 0 unspecified atom stereocenters. The Morgan fingerprint density at radius 2 is 1.14 bits per heavy atom. The first-order valence-electron chi connectivity index (χ1n) is 5.98. The van der Waals surface area contributed by atoms with E-state index >= 15 is 0 Å². The molecule has 0 aromatic carbocycles. The van der Waals surface area contributed by atoms with Gasteiger partial charge in [-0.05, 0) is 0 Å². The third-order valence-electron chi connectivity index (χ3n) is 2.08. The molecule has 2 amide bonds. The normalized spacial score (nSPS) is 13.0. The van der Waals surface area contributed by atoms with Crippen molar-refractivity contribution in [1.82, 2.24) is 10.6 Å². The number of carbonyl (C=O) groups excluding carboxylic acids is 2. The van der Waals surface area contributed by atoms with Crippen molar-refractivity contribution in [3.8, 4) is 0 Å². The van der Waals surface area contributed by atoms with E-state index in [4.69, 9.17) is 21.7 Å². The summed E-state index contributed by atoms with van der Waals surface area (Å²) in [4.78, 5) is 43.3. The maximum atomic E-state index is 11.4. The van der Waals surface area contributed by atoms with Crippen LogP contribution in [0.3, 0.4) is 0 Å². The Labute approximate surface area is 134 Å². The van der Waals surface area contributed by atoms with Crippen molar-refractivity contribution in [1.29, 1.82) is 0 Å². The smallest absolute Gasteiger partial charge is 0.322 e. The van der Waals surface area contributed by atoms with Gasteiger partial charge in [-0.2, -0.15) is 0 Å². The number of carboxylic acids is 2. The molecule has 0 radical (unpaired) electrons. The number of rotatable bonds is 11. The van der Waals surface area contributed by atoms with Crippen molar-refractivity contribution in [2.24, 2.45) is 11.5 Å². The molecule has 0 fully saturated rings. The molecule has 0 saturated carbocycles. The fourth-order valence-electron chi connectivity index (χ4n) is 0.982. The lowest BCUT2D eigenvalue weighted by atomic mass is 10.3. The number of nitrogens with two attached hydrogens (primary N) is 2. The van der Waals surface area contributed by atoms with Crippen LogP contribution in [0, 0.1) is 0 Å². The van der Waals surface area contributed by atoms with Crippen LogP contribution in [0.2, 0.25) is 0 Å². The SMILES string of the molecule is N[C@H](CSSC[C@@H](N)C(=O)NCC(=O)O)C(=O)NCC(=O)O. The van der Waals surface area contributed by atoms with Crippen LogP contribution in [-0.4, -0.2) is 70.6 Å². The van der Waals surface area contributed by atoms with E-state index in [0.717, 1.165) is 0 Å². The van der Waals surface area contributed by atoms with E-state index in [-0.39, 0.29) is 11.5 Å². The molecule has 0 rings (SSSR count). The second kappa shape index (κ2) is 11.1. The molecular weight excluding hydrogens is 336 g/mol. The Morgan fingerprint density at radius 3 is 1.41 bits per heavy atom. The van der Waals surface area contributed by atoms with Crippen LogP contribution in [0.4, 0.5) is 0 Å². The molecule has 8 N–H and O–H groups in total. The summed E-state index contributed by atoms with van der Waals surface area (Å²) in [6, 6.07) is -1.76. The van der Waals surface area contributed by atoms with E-state index in [1.54, 1.807) is 0 Å². The number of carbonyl (C=O) groups is 4. The predicted octanol–water partition coefficient (Wildman–Crippen LogP) is -2.58. The molecular formula is C10H18N4O6S2. The van der Waals surface area contributed by atoms with Crippen LogP contribution < -0.4 is 22.1 Å². The molecule has 0 saturated heterocycles. The first kappa shape index (κ1) is 20.5. The van der Waals surface area contributed by atoms with Gasteiger partial charge in [0.05, 0.1) is 12.1 Å². The molecule has 10 nitrogen and oxygen atoms in total. The lowest BCUT2D eigenvalue weighted by molar-refractivity contribution is -0.138. The summed E-state index contributed by atoms with van der Waals surface area (Å²) in [5, 5.41) is 21.1. The Balaban J connectivity index is 3.82.